The number of ketones is 1. The second-order valence-corrected chi connectivity index (χ2v) is 8.13. The molecule has 5 rings (SSSR count). The Bertz CT molecular complexity index is 1390. The van der Waals surface area contributed by atoms with E-state index in [1.54, 1.807) is 0 Å². The number of Topliss-reactive ketones (excluding diaryl/α,β-unsaturated/α-hetero) is 1. The van der Waals surface area contributed by atoms with Crippen molar-refractivity contribution in [3.8, 4) is 11.1 Å². The molecule has 0 aliphatic heterocycles. The average molecular weight is 421 g/mol. The van der Waals surface area contributed by atoms with Crippen LogP contribution in [0.3, 0.4) is 0 Å². The number of para-hydroxylation sites is 1. The average Bonchev–Trinajstić information content (AvgIpc) is 3.20. The number of ether oxygens (including phenoxy) is 1. The zero-order chi connectivity index (χ0) is 22.2. The van der Waals surface area contributed by atoms with E-state index >= 15 is 0 Å². The minimum atomic E-state index is -0.502. The number of nitrogens with zero attached hydrogens (tertiary/aromatic N) is 1. The fraction of sp³-hybridized carbons (Fsp3) is 0.179. The first-order valence-corrected chi connectivity index (χ1v) is 10.9. The lowest BCUT2D eigenvalue weighted by Gasteiger charge is -2.13. The van der Waals surface area contributed by atoms with Crippen LogP contribution in [0.25, 0.3) is 22.0 Å². The normalized spacial score (nSPS) is 11.8. The highest BCUT2D eigenvalue weighted by molar-refractivity contribution is 6.02. The third-order valence-corrected chi connectivity index (χ3v) is 6.22. The summed E-state index contributed by atoms with van der Waals surface area (Å²) in [4.78, 5) is 30.4. The van der Waals surface area contributed by atoms with E-state index in [2.05, 4.69) is 17.1 Å². The molecule has 158 valence electrons. The molecule has 1 heterocycles. The van der Waals surface area contributed by atoms with Gasteiger partial charge in [-0.15, -0.1) is 0 Å². The Labute approximate surface area is 186 Å². The zero-order valence-corrected chi connectivity index (χ0v) is 18.1. The molecule has 0 spiro atoms. The highest BCUT2D eigenvalue weighted by Crippen LogP contribution is 2.36. The molecule has 4 nitrogen and oxygen atoms in total. The number of benzene rings is 3. The molecule has 1 aromatic heterocycles. The SMILES string of the molecule is CCc1nc2ccccc2c(C)c1C(=O)OCC(=O)c1ccc2c(c1)-c1ccccc1C2. The first-order valence-electron chi connectivity index (χ1n) is 10.9. The zero-order valence-electron chi connectivity index (χ0n) is 18.1. The number of esters is 1. The summed E-state index contributed by atoms with van der Waals surface area (Å²) in [5.41, 5.74) is 8.12. The summed E-state index contributed by atoms with van der Waals surface area (Å²) in [6.07, 6.45) is 1.48. The molecule has 3 aromatic carbocycles. The first kappa shape index (κ1) is 20.1. The van der Waals surface area contributed by atoms with E-state index < -0.39 is 5.97 Å². The molecule has 1 aliphatic rings. The highest BCUT2D eigenvalue weighted by atomic mass is 16.5. The summed E-state index contributed by atoms with van der Waals surface area (Å²) in [5, 5.41) is 0.917. The van der Waals surface area contributed by atoms with Crippen LogP contribution in [0.15, 0.2) is 66.7 Å². The van der Waals surface area contributed by atoms with Gasteiger partial charge in [0.25, 0.3) is 0 Å². The number of carbonyl (C=O) groups excluding carboxylic acids is 2. The number of aryl methyl sites for hydroxylation is 2. The van der Waals surface area contributed by atoms with Gasteiger partial charge in [0.15, 0.2) is 12.4 Å². The van der Waals surface area contributed by atoms with Crippen LogP contribution in [0.2, 0.25) is 0 Å². The molecular formula is C28H23NO3. The predicted molar refractivity (Wildman–Crippen MR) is 125 cm³/mol. The number of rotatable bonds is 5. The Hall–Kier alpha value is -3.79. The second-order valence-electron chi connectivity index (χ2n) is 8.13. The van der Waals surface area contributed by atoms with Gasteiger partial charge in [-0.3, -0.25) is 9.78 Å². The van der Waals surface area contributed by atoms with Gasteiger partial charge in [-0.1, -0.05) is 61.5 Å². The van der Waals surface area contributed by atoms with E-state index in [9.17, 15) is 9.59 Å². The Morgan fingerprint density at radius 2 is 1.69 bits per heavy atom. The number of hydrogen-bond donors (Lipinski definition) is 0. The smallest absolute Gasteiger partial charge is 0.340 e. The minimum absolute atomic E-state index is 0.213. The van der Waals surface area contributed by atoms with E-state index in [1.807, 2.05) is 68.4 Å². The summed E-state index contributed by atoms with van der Waals surface area (Å²) >= 11 is 0. The van der Waals surface area contributed by atoms with Crippen LogP contribution >= 0.6 is 0 Å². The molecule has 32 heavy (non-hydrogen) atoms. The van der Waals surface area contributed by atoms with Crippen LogP contribution in [0.4, 0.5) is 0 Å². The molecule has 0 amide bonds. The maximum absolute atomic E-state index is 13.0. The van der Waals surface area contributed by atoms with Crippen molar-refractivity contribution in [2.24, 2.45) is 0 Å². The van der Waals surface area contributed by atoms with Crippen molar-refractivity contribution in [1.29, 1.82) is 0 Å². The van der Waals surface area contributed by atoms with E-state index in [0.717, 1.165) is 28.5 Å². The molecular weight excluding hydrogens is 398 g/mol. The Morgan fingerprint density at radius 3 is 2.53 bits per heavy atom. The predicted octanol–water partition coefficient (Wildman–Crippen LogP) is 5.72. The molecule has 0 bridgehead atoms. The number of pyridine rings is 1. The molecule has 0 atom stereocenters. The maximum atomic E-state index is 13.0. The minimum Gasteiger partial charge on any atom is -0.454 e. The van der Waals surface area contributed by atoms with Gasteiger partial charge >= 0.3 is 5.97 Å². The van der Waals surface area contributed by atoms with Crippen molar-refractivity contribution in [3.05, 3.63) is 100 Å². The summed E-state index contributed by atoms with van der Waals surface area (Å²) < 4.78 is 5.48. The standard InChI is InChI=1S/C28H23NO3/c1-3-24-27(17(2)21-9-6-7-11-25(21)29-24)28(31)32-16-26(30)20-13-12-19-14-18-8-4-5-10-22(18)23(19)15-20/h4-13,15H,3,14,16H2,1-2H3. The molecule has 0 unspecified atom stereocenters. The summed E-state index contributed by atoms with van der Waals surface area (Å²) in [6, 6.07) is 21.7. The summed E-state index contributed by atoms with van der Waals surface area (Å²) in [6.45, 7) is 3.56. The first-order chi connectivity index (χ1) is 15.6. The van der Waals surface area contributed by atoms with Crippen molar-refractivity contribution in [1.82, 2.24) is 4.98 Å². The molecule has 0 radical (unpaired) electrons. The monoisotopic (exact) mass is 421 g/mol. The van der Waals surface area contributed by atoms with Gasteiger partial charge in [0.05, 0.1) is 16.8 Å². The molecule has 0 saturated carbocycles. The molecule has 4 aromatic rings. The second kappa shape index (κ2) is 8.04. The van der Waals surface area contributed by atoms with Crippen LogP contribution in [0, 0.1) is 6.92 Å². The largest absolute Gasteiger partial charge is 0.454 e. The van der Waals surface area contributed by atoms with Crippen molar-refractivity contribution in [3.63, 3.8) is 0 Å². The van der Waals surface area contributed by atoms with E-state index in [-0.39, 0.29) is 12.4 Å². The van der Waals surface area contributed by atoms with E-state index in [1.165, 1.54) is 16.7 Å². The number of carbonyl (C=O) groups is 2. The summed E-state index contributed by atoms with van der Waals surface area (Å²) in [5.74, 6) is -0.715. The number of fused-ring (bicyclic) bond motifs is 4. The van der Waals surface area contributed by atoms with Crippen LogP contribution in [-0.4, -0.2) is 23.3 Å². The van der Waals surface area contributed by atoms with Gasteiger partial charge in [0.1, 0.15) is 0 Å². The lowest BCUT2D eigenvalue weighted by Crippen LogP contribution is -2.17. The van der Waals surface area contributed by atoms with Gasteiger partial charge < -0.3 is 4.74 Å². The van der Waals surface area contributed by atoms with E-state index in [0.29, 0.717) is 23.2 Å². The molecule has 1 aliphatic carbocycles. The third kappa shape index (κ3) is 3.38. The van der Waals surface area contributed by atoms with Crippen molar-refractivity contribution in [2.75, 3.05) is 6.61 Å². The molecule has 4 heteroatoms. The molecule has 0 saturated heterocycles. The van der Waals surface area contributed by atoms with Gasteiger partial charge in [0, 0.05) is 10.9 Å². The highest BCUT2D eigenvalue weighted by Gasteiger charge is 2.22. The van der Waals surface area contributed by atoms with Gasteiger partial charge in [-0.05, 0) is 59.7 Å². The van der Waals surface area contributed by atoms with Crippen LogP contribution in [0.5, 0.6) is 0 Å². The maximum Gasteiger partial charge on any atom is 0.340 e. The van der Waals surface area contributed by atoms with Crippen molar-refractivity contribution < 1.29 is 14.3 Å². The fourth-order valence-corrected chi connectivity index (χ4v) is 4.55. The van der Waals surface area contributed by atoms with Crippen LogP contribution in [-0.2, 0) is 17.6 Å². The quantitative estimate of drug-likeness (QED) is 0.269. The van der Waals surface area contributed by atoms with Crippen LogP contribution in [0.1, 0.15) is 50.0 Å². The number of aromatic nitrogens is 1. The van der Waals surface area contributed by atoms with E-state index in [4.69, 9.17) is 4.74 Å². The summed E-state index contributed by atoms with van der Waals surface area (Å²) in [7, 11) is 0. The lowest BCUT2D eigenvalue weighted by atomic mass is 10.00. The Balaban J connectivity index is 1.38. The van der Waals surface area contributed by atoms with Gasteiger partial charge in [-0.25, -0.2) is 4.79 Å². The Kier molecular flexibility index (Phi) is 5.06. The van der Waals surface area contributed by atoms with Crippen LogP contribution < -0.4 is 0 Å². The number of hydrogen-bond acceptors (Lipinski definition) is 4. The topological polar surface area (TPSA) is 56.3 Å². The molecule has 0 N–H and O–H groups in total. The van der Waals surface area contributed by atoms with Crippen molar-refractivity contribution in [2.45, 2.75) is 26.7 Å². The molecule has 0 fully saturated rings. The van der Waals surface area contributed by atoms with Gasteiger partial charge in [-0.2, -0.15) is 0 Å². The van der Waals surface area contributed by atoms with Crippen molar-refractivity contribution >= 4 is 22.7 Å². The Morgan fingerprint density at radius 1 is 0.938 bits per heavy atom. The van der Waals surface area contributed by atoms with Gasteiger partial charge in [0.2, 0.25) is 0 Å². The lowest BCUT2D eigenvalue weighted by molar-refractivity contribution is 0.0472. The fourth-order valence-electron chi connectivity index (χ4n) is 4.55. The third-order valence-electron chi connectivity index (χ3n) is 6.22.